The molecule has 2 aromatic carbocycles. The minimum atomic E-state index is -2.89. The van der Waals surface area contributed by atoms with Crippen molar-refractivity contribution in [3.8, 4) is 23.0 Å². The Morgan fingerprint density at radius 3 is 2.44 bits per heavy atom. The Labute approximate surface area is 142 Å². The van der Waals surface area contributed by atoms with E-state index < -0.39 is 12.5 Å². The fourth-order valence-electron chi connectivity index (χ4n) is 2.18. The standard InChI is InChI=1S/C17H15F2NO5/c18-17(19)25-12-3-1-11(2-4-12)20-16(21)10-24-13-5-6-14-15(9-13)23-8-7-22-14/h1-6,9,17H,7-8,10H2,(H,20,21). The summed E-state index contributed by atoms with van der Waals surface area (Å²) in [6.07, 6.45) is 0. The third-order valence-electron chi connectivity index (χ3n) is 3.25. The lowest BCUT2D eigenvalue weighted by atomic mass is 10.3. The molecule has 2 aromatic rings. The third kappa shape index (κ3) is 4.72. The van der Waals surface area contributed by atoms with Gasteiger partial charge in [0.2, 0.25) is 0 Å². The lowest BCUT2D eigenvalue weighted by Gasteiger charge is -2.18. The van der Waals surface area contributed by atoms with Gasteiger partial charge in [-0.1, -0.05) is 0 Å². The van der Waals surface area contributed by atoms with Gasteiger partial charge in [-0.15, -0.1) is 0 Å². The second kappa shape index (κ2) is 7.69. The summed E-state index contributed by atoms with van der Waals surface area (Å²) >= 11 is 0. The molecule has 0 aromatic heterocycles. The Morgan fingerprint density at radius 1 is 1.04 bits per heavy atom. The predicted molar refractivity (Wildman–Crippen MR) is 84.6 cm³/mol. The van der Waals surface area contributed by atoms with Gasteiger partial charge in [0, 0.05) is 11.8 Å². The number of alkyl halides is 2. The van der Waals surface area contributed by atoms with Crippen molar-refractivity contribution >= 4 is 11.6 Å². The molecule has 1 aliphatic rings. The van der Waals surface area contributed by atoms with Crippen LogP contribution in [0.1, 0.15) is 0 Å². The molecule has 0 radical (unpaired) electrons. The van der Waals surface area contributed by atoms with Crippen LogP contribution in [-0.4, -0.2) is 32.3 Å². The normalized spacial score (nSPS) is 12.6. The first-order valence-electron chi connectivity index (χ1n) is 7.47. The van der Waals surface area contributed by atoms with Gasteiger partial charge in [0.15, 0.2) is 18.1 Å². The number of hydrogen-bond acceptors (Lipinski definition) is 5. The van der Waals surface area contributed by atoms with Crippen LogP contribution in [0, 0.1) is 0 Å². The van der Waals surface area contributed by atoms with Crippen molar-refractivity contribution in [3.63, 3.8) is 0 Å². The number of carbonyl (C=O) groups excluding carboxylic acids is 1. The number of anilines is 1. The zero-order valence-corrected chi connectivity index (χ0v) is 13.0. The van der Waals surface area contributed by atoms with E-state index in [-0.39, 0.29) is 12.4 Å². The lowest BCUT2D eigenvalue weighted by molar-refractivity contribution is -0.118. The van der Waals surface area contributed by atoms with E-state index in [1.807, 2.05) is 0 Å². The minimum absolute atomic E-state index is 0.0144. The van der Waals surface area contributed by atoms with Gasteiger partial charge < -0.3 is 24.3 Å². The molecular weight excluding hydrogens is 336 g/mol. The number of halogens is 2. The van der Waals surface area contributed by atoms with Crippen molar-refractivity contribution in [1.29, 1.82) is 0 Å². The summed E-state index contributed by atoms with van der Waals surface area (Å²) in [7, 11) is 0. The van der Waals surface area contributed by atoms with Gasteiger partial charge in [-0.25, -0.2) is 0 Å². The van der Waals surface area contributed by atoms with Crippen molar-refractivity contribution in [2.75, 3.05) is 25.1 Å². The first-order chi connectivity index (χ1) is 12.1. The molecular formula is C17H15F2NO5. The van der Waals surface area contributed by atoms with Gasteiger partial charge in [0.1, 0.15) is 24.7 Å². The average Bonchev–Trinajstić information content (AvgIpc) is 2.61. The lowest BCUT2D eigenvalue weighted by Crippen LogP contribution is -2.20. The monoisotopic (exact) mass is 351 g/mol. The molecule has 25 heavy (non-hydrogen) atoms. The van der Waals surface area contributed by atoms with E-state index in [1.165, 1.54) is 24.3 Å². The molecule has 132 valence electrons. The van der Waals surface area contributed by atoms with E-state index in [2.05, 4.69) is 10.1 Å². The molecule has 1 N–H and O–H groups in total. The molecule has 0 fully saturated rings. The number of hydrogen-bond donors (Lipinski definition) is 1. The summed E-state index contributed by atoms with van der Waals surface area (Å²) in [5.41, 5.74) is 0.442. The Morgan fingerprint density at radius 2 is 1.72 bits per heavy atom. The zero-order chi connectivity index (χ0) is 17.6. The quantitative estimate of drug-likeness (QED) is 0.866. The molecule has 0 atom stereocenters. The molecule has 3 rings (SSSR count). The highest BCUT2D eigenvalue weighted by molar-refractivity contribution is 5.91. The highest BCUT2D eigenvalue weighted by atomic mass is 19.3. The number of nitrogens with one attached hydrogen (secondary N) is 1. The summed E-state index contributed by atoms with van der Waals surface area (Å²) in [4.78, 5) is 11.9. The molecule has 0 unspecified atom stereocenters. The highest BCUT2D eigenvalue weighted by Crippen LogP contribution is 2.33. The Bertz CT molecular complexity index is 736. The topological polar surface area (TPSA) is 66.0 Å². The maximum absolute atomic E-state index is 12.1. The summed E-state index contributed by atoms with van der Waals surface area (Å²) in [5, 5.41) is 2.59. The minimum Gasteiger partial charge on any atom is -0.486 e. The molecule has 8 heteroatoms. The van der Waals surface area contributed by atoms with Crippen molar-refractivity contribution in [2.24, 2.45) is 0 Å². The van der Waals surface area contributed by atoms with Crippen LogP contribution in [0.5, 0.6) is 23.0 Å². The summed E-state index contributed by atoms with van der Waals surface area (Å²) in [6, 6.07) is 10.6. The van der Waals surface area contributed by atoms with Gasteiger partial charge in [-0.2, -0.15) is 8.78 Å². The molecule has 6 nitrogen and oxygen atoms in total. The maximum atomic E-state index is 12.1. The van der Waals surface area contributed by atoms with Crippen LogP contribution in [0.2, 0.25) is 0 Å². The van der Waals surface area contributed by atoms with E-state index in [4.69, 9.17) is 14.2 Å². The SMILES string of the molecule is O=C(COc1ccc2c(c1)OCCO2)Nc1ccc(OC(F)F)cc1. The van der Waals surface area contributed by atoms with Crippen LogP contribution in [0.3, 0.4) is 0 Å². The Kier molecular flexibility index (Phi) is 5.17. The number of amides is 1. The molecule has 1 aliphatic heterocycles. The van der Waals surface area contributed by atoms with Gasteiger partial charge in [-0.05, 0) is 36.4 Å². The number of carbonyl (C=O) groups is 1. The predicted octanol–water partition coefficient (Wildman–Crippen LogP) is 3.08. The van der Waals surface area contributed by atoms with E-state index in [0.29, 0.717) is 36.1 Å². The van der Waals surface area contributed by atoms with Crippen LogP contribution < -0.4 is 24.3 Å². The molecule has 1 amide bonds. The Hall–Kier alpha value is -3.03. The van der Waals surface area contributed by atoms with Crippen LogP contribution in [0.15, 0.2) is 42.5 Å². The van der Waals surface area contributed by atoms with Crippen LogP contribution >= 0.6 is 0 Å². The number of rotatable bonds is 6. The molecule has 0 saturated heterocycles. The molecule has 1 heterocycles. The van der Waals surface area contributed by atoms with Gasteiger partial charge in [-0.3, -0.25) is 4.79 Å². The number of fused-ring (bicyclic) bond motifs is 1. The van der Waals surface area contributed by atoms with E-state index in [1.54, 1.807) is 18.2 Å². The second-order valence-corrected chi connectivity index (χ2v) is 5.05. The molecule has 0 spiro atoms. The largest absolute Gasteiger partial charge is 0.486 e. The molecule has 0 saturated carbocycles. The summed E-state index contributed by atoms with van der Waals surface area (Å²) in [6.45, 7) is -2.15. The summed E-state index contributed by atoms with van der Waals surface area (Å²) < 4.78 is 44.6. The van der Waals surface area contributed by atoms with E-state index in [0.717, 1.165) is 0 Å². The van der Waals surface area contributed by atoms with Gasteiger partial charge >= 0.3 is 6.61 Å². The maximum Gasteiger partial charge on any atom is 0.387 e. The van der Waals surface area contributed by atoms with Crippen molar-refractivity contribution < 1.29 is 32.5 Å². The zero-order valence-electron chi connectivity index (χ0n) is 13.0. The number of ether oxygens (including phenoxy) is 4. The van der Waals surface area contributed by atoms with Crippen molar-refractivity contribution in [3.05, 3.63) is 42.5 Å². The van der Waals surface area contributed by atoms with Gasteiger partial charge in [0.05, 0.1) is 0 Å². The summed E-state index contributed by atoms with van der Waals surface area (Å²) in [5.74, 6) is 1.30. The van der Waals surface area contributed by atoms with Crippen molar-refractivity contribution in [2.45, 2.75) is 6.61 Å². The van der Waals surface area contributed by atoms with E-state index in [9.17, 15) is 13.6 Å². The first-order valence-corrected chi connectivity index (χ1v) is 7.47. The first kappa shape index (κ1) is 16.8. The fourth-order valence-corrected chi connectivity index (χ4v) is 2.18. The van der Waals surface area contributed by atoms with Crippen LogP contribution in [0.25, 0.3) is 0 Å². The van der Waals surface area contributed by atoms with Gasteiger partial charge in [0.25, 0.3) is 5.91 Å². The van der Waals surface area contributed by atoms with Crippen LogP contribution in [0.4, 0.5) is 14.5 Å². The van der Waals surface area contributed by atoms with E-state index >= 15 is 0 Å². The second-order valence-electron chi connectivity index (χ2n) is 5.05. The third-order valence-corrected chi connectivity index (χ3v) is 3.25. The Balaban J connectivity index is 1.51. The van der Waals surface area contributed by atoms with Crippen molar-refractivity contribution in [1.82, 2.24) is 0 Å². The smallest absolute Gasteiger partial charge is 0.387 e. The highest BCUT2D eigenvalue weighted by Gasteiger charge is 2.13. The fraction of sp³-hybridized carbons (Fsp3) is 0.235. The molecule has 0 aliphatic carbocycles. The molecule has 0 bridgehead atoms. The number of benzene rings is 2. The average molecular weight is 351 g/mol. The van der Waals surface area contributed by atoms with Crippen LogP contribution in [-0.2, 0) is 4.79 Å².